The molecule has 2 amide bonds. The van der Waals surface area contributed by atoms with Crippen molar-refractivity contribution in [2.24, 2.45) is 0 Å². The van der Waals surface area contributed by atoms with Gasteiger partial charge in [0.15, 0.2) is 0 Å². The highest BCUT2D eigenvalue weighted by Gasteiger charge is 2.15. The van der Waals surface area contributed by atoms with Gasteiger partial charge in [0.05, 0.1) is 0 Å². The molecule has 1 rings (SSSR count). The van der Waals surface area contributed by atoms with Crippen LogP contribution in [0, 0.1) is 0 Å². The number of nitrogens with one attached hydrogen (secondary N) is 2. The van der Waals surface area contributed by atoms with Gasteiger partial charge in [0, 0.05) is 37.6 Å². The standard InChI is InChI=1S/C18H29N3O4/c1-18(2,3)25-17(23)21-11-5-13-24-12-4-10-20-16(22)14-6-8-15(19)9-7-14/h6-9H,4-5,10-13,19H2,1-3H3,(H,20,22)(H,21,23). The minimum atomic E-state index is -0.489. The van der Waals surface area contributed by atoms with Crippen molar-refractivity contribution < 1.29 is 19.1 Å². The Bertz CT molecular complexity index is 538. The fourth-order valence-electron chi connectivity index (χ4n) is 1.89. The monoisotopic (exact) mass is 351 g/mol. The number of hydrogen-bond donors (Lipinski definition) is 3. The second-order valence-corrected chi connectivity index (χ2v) is 6.63. The van der Waals surface area contributed by atoms with Crippen molar-refractivity contribution in [3.8, 4) is 0 Å². The van der Waals surface area contributed by atoms with E-state index in [9.17, 15) is 9.59 Å². The number of amides is 2. The summed E-state index contributed by atoms with van der Waals surface area (Å²) in [4.78, 5) is 23.3. The molecule has 0 saturated carbocycles. The molecule has 0 aliphatic rings. The Hall–Kier alpha value is -2.28. The van der Waals surface area contributed by atoms with Crippen molar-refractivity contribution in [3.05, 3.63) is 29.8 Å². The van der Waals surface area contributed by atoms with Crippen LogP contribution in [-0.2, 0) is 9.47 Å². The van der Waals surface area contributed by atoms with Crippen molar-refractivity contribution >= 4 is 17.7 Å². The molecule has 25 heavy (non-hydrogen) atoms. The van der Waals surface area contributed by atoms with Crippen LogP contribution in [0.3, 0.4) is 0 Å². The first kappa shape index (κ1) is 20.8. The molecule has 0 aliphatic heterocycles. The molecule has 0 bridgehead atoms. The van der Waals surface area contributed by atoms with Gasteiger partial charge in [-0.15, -0.1) is 0 Å². The van der Waals surface area contributed by atoms with Crippen molar-refractivity contribution in [2.75, 3.05) is 32.0 Å². The molecule has 0 heterocycles. The first-order valence-electron chi connectivity index (χ1n) is 8.46. The average molecular weight is 351 g/mol. The van der Waals surface area contributed by atoms with Gasteiger partial charge in [-0.05, 0) is 57.9 Å². The zero-order valence-electron chi connectivity index (χ0n) is 15.3. The average Bonchev–Trinajstić information content (AvgIpc) is 2.52. The minimum absolute atomic E-state index is 0.124. The van der Waals surface area contributed by atoms with Crippen LogP contribution in [0.15, 0.2) is 24.3 Å². The van der Waals surface area contributed by atoms with Gasteiger partial charge in [0.25, 0.3) is 5.91 Å². The van der Waals surface area contributed by atoms with E-state index in [1.807, 2.05) is 20.8 Å². The number of benzene rings is 1. The minimum Gasteiger partial charge on any atom is -0.444 e. The molecular formula is C18H29N3O4. The fourth-order valence-corrected chi connectivity index (χ4v) is 1.89. The van der Waals surface area contributed by atoms with Crippen molar-refractivity contribution in [2.45, 2.75) is 39.2 Å². The highest BCUT2D eigenvalue weighted by Crippen LogP contribution is 2.06. The summed E-state index contributed by atoms with van der Waals surface area (Å²) in [6.45, 7) is 7.60. The number of ether oxygens (including phenoxy) is 2. The number of rotatable bonds is 9. The van der Waals surface area contributed by atoms with Crippen LogP contribution in [-0.4, -0.2) is 43.9 Å². The summed E-state index contributed by atoms with van der Waals surface area (Å²) in [6.07, 6.45) is 1.01. The number of carbonyl (C=O) groups is 2. The van der Waals surface area contributed by atoms with E-state index in [0.717, 1.165) is 6.42 Å². The van der Waals surface area contributed by atoms with Crippen LogP contribution in [0.2, 0.25) is 0 Å². The number of alkyl carbamates (subject to hydrolysis) is 1. The molecule has 7 heteroatoms. The van der Waals surface area contributed by atoms with Crippen LogP contribution < -0.4 is 16.4 Å². The second kappa shape index (κ2) is 10.6. The first-order valence-corrected chi connectivity index (χ1v) is 8.46. The molecule has 0 unspecified atom stereocenters. The molecule has 0 aliphatic carbocycles. The quantitative estimate of drug-likeness (QED) is 0.468. The van der Waals surface area contributed by atoms with E-state index >= 15 is 0 Å². The SMILES string of the molecule is CC(C)(C)OC(=O)NCCCOCCCNC(=O)c1ccc(N)cc1. The molecule has 0 atom stereocenters. The van der Waals surface area contributed by atoms with Crippen molar-refractivity contribution in [1.29, 1.82) is 0 Å². The summed E-state index contributed by atoms with van der Waals surface area (Å²) in [5.74, 6) is -0.124. The highest BCUT2D eigenvalue weighted by molar-refractivity contribution is 5.94. The zero-order chi connectivity index (χ0) is 18.7. The van der Waals surface area contributed by atoms with Gasteiger partial charge in [0.2, 0.25) is 0 Å². The number of hydrogen-bond acceptors (Lipinski definition) is 5. The maximum Gasteiger partial charge on any atom is 0.407 e. The summed E-state index contributed by atoms with van der Waals surface area (Å²) in [6, 6.07) is 6.78. The van der Waals surface area contributed by atoms with Gasteiger partial charge < -0.3 is 25.8 Å². The van der Waals surface area contributed by atoms with Gasteiger partial charge in [-0.3, -0.25) is 4.79 Å². The van der Waals surface area contributed by atoms with Crippen molar-refractivity contribution in [1.82, 2.24) is 10.6 Å². The Balaban J connectivity index is 1.97. The van der Waals surface area contributed by atoms with Crippen LogP contribution >= 0.6 is 0 Å². The Morgan fingerprint density at radius 2 is 1.56 bits per heavy atom. The Morgan fingerprint density at radius 1 is 1.00 bits per heavy atom. The van der Waals surface area contributed by atoms with Crippen LogP contribution in [0.4, 0.5) is 10.5 Å². The van der Waals surface area contributed by atoms with E-state index in [0.29, 0.717) is 44.0 Å². The molecule has 0 aromatic heterocycles. The third kappa shape index (κ3) is 10.2. The molecule has 1 aromatic carbocycles. The summed E-state index contributed by atoms with van der Waals surface area (Å²) >= 11 is 0. The van der Waals surface area contributed by atoms with E-state index in [1.165, 1.54) is 0 Å². The Morgan fingerprint density at radius 3 is 2.12 bits per heavy atom. The molecule has 0 saturated heterocycles. The smallest absolute Gasteiger partial charge is 0.407 e. The van der Waals surface area contributed by atoms with Crippen LogP contribution in [0.25, 0.3) is 0 Å². The predicted molar refractivity (Wildman–Crippen MR) is 97.5 cm³/mol. The third-order valence-electron chi connectivity index (χ3n) is 3.06. The van der Waals surface area contributed by atoms with E-state index in [1.54, 1.807) is 24.3 Å². The van der Waals surface area contributed by atoms with Crippen molar-refractivity contribution in [3.63, 3.8) is 0 Å². The molecule has 0 fully saturated rings. The van der Waals surface area contributed by atoms with Crippen LogP contribution in [0.1, 0.15) is 44.0 Å². The van der Waals surface area contributed by atoms with E-state index in [-0.39, 0.29) is 5.91 Å². The number of anilines is 1. The maximum absolute atomic E-state index is 11.8. The highest BCUT2D eigenvalue weighted by atomic mass is 16.6. The molecule has 0 spiro atoms. The molecule has 7 nitrogen and oxygen atoms in total. The summed E-state index contributed by atoms with van der Waals surface area (Å²) in [7, 11) is 0. The topological polar surface area (TPSA) is 103 Å². The lowest BCUT2D eigenvalue weighted by atomic mass is 10.2. The summed E-state index contributed by atoms with van der Waals surface area (Å²) < 4.78 is 10.6. The lowest BCUT2D eigenvalue weighted by molar-refractivity contribution is 0.0520. The van der Waals surface area contributed by atoms with E-state index in [4.69, 9.17) is 15.2 Å². The van der Waals surface area contributed by atoms with E-state index < -0.39 is 11.7 Å². The predicted octanol–water partition coefficient (Wildman–Crippen LogP) is 2.32. The number of nitrogen functional groups attached to an aromatic ring is 1. The molecule has 1 aromatic rings. The molecule has 0 radical (unpaired) electrons. The molecular weight excluding hydrogens is 322 g/mol. The number of carbonyl (C=O) groups excluding carboxylic acids is 2. The maximum atomic E-state index is 11.8. The van der Waals surface area contributed by atoms with Gasteiger partial charge in [0.1, 0.15) is 5.60 Å². The second-order valence-electron chi connectivity index (χ2n) is 6.63. The van der Waals surface area contributed by atoms with Gasteiger partial charge >= 0.3 is 6.09 Å². The third-order valence-corrected chi connectivity index (χ3v) is 3.06. The largest absolute Gasteiger partial charge is 0.444 e. The van der Waals surface area contributed by atoms with Crippen LogP contribution in [0.5, 0.6) is 0 Å². The lowest BCUT2D eigenvalue weighted by Crippen LogP contribution is -2.33. The van der Waals surface area contributed by atoms with Gasteiger partial charge in [-0.25, -0.2) is 4.79 Å². The normalized spacial score (nSPS) is 11.0. The Kier molecular flexibility index (Phi) is 8.77. The van der Waals surface area contributed by atoms with Gasteiger partial charge in [-0.2, -0.15) is 0 Å². The van der Waals surface area contributed by atoms with Gasteiger partial charge in [-0.1, -0.05) is 0 Å². The molecule has 4 N–H and O–H groups in total. The lowest BCUT2D eigenvalue weighted by Gasteiger charge is -2.19. The first-order chi connectivity index (χ1) is 11.8. The molecule has 140 valence electrons. The van der Waals surface area contributed by atoms with E-state index in [2.05, 4.69) is 10.6 Å². The summed E-state index contributed by atoms with van der Waals surface area (Å²) in [5, 5.41) is 5.50. The fraction of sp³-hybridized carbons (Fsp3) is 0.556. The number of nitrogens with two attached hydrogens (primary N) is 1. The summed E-state index contributed by atoms with van der Waals surface area (Å²) in [5.41, 5.74) is 6.31. The zero-order valence-corrected chi connectivity index (χ0v) is 15.3. The Labute approximate surface area is 149 Å².